The molecule has 2 aliphatic heterocycles. The van der Waals surface area contributed by atoms with Crippen LogP contribution in [0.5, 0.6) is 0 Å². The molecule has 1 atom stereocenters. The van der Waals surface area contributed by atoms with Crippen LogP contribution in [-0.2, 0) is 9.53 Å². The van der Waals surface area contributed by atoms with Crippen LogP contribution >= 0.6 is 24.8 Å². The third-order valence-corrected chi connectivity index (χ3v) is 3.80. The van der Waals surface area contributed by atoms with Crippen LogP contribution in [0.4, 0.5) is 11.4 Å². The Hall–Kier alpha value is -1.01. The molecule has 2 N–H and O–H groups in total. The molecule has 2 aliphatic rings. The molecular weight excluding hydrogens is 325 g/mol. The van der Waals surface area contributed by atoms with Gasteiger partial charge in [-0.2, -0.15) is 0 Å². The lowest BCUT2D eigenvalue weighted by Gasteiger charge is -2.23. The molecule has 0 aromatic heterocycles. The van der Waals surface area contributed by atoms with Crippen molar-refractivity contribution in [2.45, 2.75) is 18.9 Å². The van der Waals surface area contributed by atoms with E-state index in [1.54, 1.807) is 0 Å². The van der Waals surface area contributed by atoms with Gasteiger partial charge in [-0.05, 0) is 31.0 Å². The maximum Gasteiger partial charge on any atom is 0.254 e. The van der Waals surface area contributed by atoms with Gasteiger partial charge in [0.1, 0.15) is 6.10 Å². The molecule has 124 valence electrons. The summed E-state index contributed by atoms with van der Waals surface area (Å²) < 4.78 is 5.46. The van der Waals surface area contributed by atoms with Crippen molar-refractivity contribution in [1.82, 2.24) is 5.32 Å². The molecule has 0 spiro atoms. The first kappa shape index (κ1) is 19.0. The highest BCUT2D eigenvalue weighted by molar-refractivity contribution is 5.94. The number of anilines is 2. The van der Waals surface area contributed by atoms with Crippen molar-refractivity contribution >= 4 is 42.1 Å². The molecular formula is C15H23Cl2N3O2. The number of nitrogens with zero attached hydrogens (tertiary/aromatic N) is 1. The molecule has 0 aliphatic carbocycles. The Morgan fingerprint density at radius 3 is 2.73 bits per heavy atom. The normalized spacial score (nSPS) is 20.7. The van der Waals surface area contributed by atoms with Gasteiger partial charge in [-0.3, -0.25) is 4.79 Å². The van der Waals surface area contributed by atoms with Crippen LogP contribution in [0.25, 0.3) is 0 Å². The molecule has 0 radical (unpaired) electrons. The van der Waals surface area contributed by atoms with Crippen LogP contribution in [0, 0.1) is 0 Å². The second-order valence-corrected chi connectivity index (χ2v) is 5.30. The Bertz CT molecular complexity index is 476. The summed E-state index contributed by atoms with van der Waals surface area (Å²) in [7, 11) is 0. The van der Waals surface area contributed by atoms with Gasteiger partial charge in [-0.15, -0.1) is 24.8 Å². The van der Waals surface area contributed by atoms with E-state index in [2.05, 4.69) is 21.6 Å². The molecule has 1 aromatic carbocycles. The zero-order chi connectivity index (χ0) is 13.8. The van der Waals surface area contributed by atoms with Gasteiger partial charge in [0.15, 0.2) is 0 Å². The van der Waals surface area contributed by atoms with E-state index in [1.165, 1.54) is 18.5 Å². The number of benzene rings is 1. The Morgan fingerprint density at radius 2 is 2.05 bits per heavy atom. The van der Waals surface area contributed by atoms with Crippen molar-refractivity contribution in [2.24, 2.45) is 0 Å². The fourth-order valence-electron chi connectivity index (χ4n) is 2.71. The number of hydrogen-bond acceptors (Lipinski definition) is 4. The molecule has 22 heavy (non-hydrogen) atoms. The zero-order valence-corrected chi connectivity index (χ0v) is 14.0. The number of amides is 1. The summed E-state index contributed by atoms with van der Waals surface area (Å²) in [5.74, 6) is -0.0734. The van der Waals surface area contributed by atoms with Crippen molar-refractivity contribution in [3.8, 4) is 0 Å². The molecule has 2 heterocycles. The van der Waals surface area contributed by atoms with Gasteiger partial charge in [0.2, 0.25) is 0 Å². The first-order valence-electron chi connectivity index (χ1n) is 7.31. The summed E-state index contributed by atoms with van der Waals surface area (Å²) in [6, 6.07) is 8.05. The third kappa shape index (κ3) is 4.74. The number of carbonyl (C=O) groups is 1. The smallest absolute Gasteiger partial charge is 0.254 e. The maximum absolute atomic E-state index is 12.1. The number of carbonyl (C=O) groups excluding carboxylic acids is 1. The highest BCUT2D eigenvalue weighted by Gasteiger charge is 2.22. The van der Waals surface area contributed by atoms with Gasteiger partial charge >= 0.3 is 0 Å². The van der Waals surface area contributed by atoms with E-state index in [9.17, 15) is 4.79 Å². The third-order valence-electron chi connectivity index (χ3n) is 3.80. The summed E-state index contributed by atoms with van der Waals surface area (Å²) >= 11 is 0. The van der Waals surface area contributed by atoms with E-state index in [0.717, 1.165) is 25.3 Å². The number of ether oxygens (including phenoxy) is 1. The maximum atomic E-state index is 12.1. The van der Waals surface area contributed by atoms with Crippen LogP contribution in [0.15, 0.2) is 24.3 Å². The molecule has 2 fully saturated rings. The molecule has 2 saturated heterocycles. The van der Waals surface area contributed by atoms with E-state index in [-0.39, 0.29) is 36.8 Å². The van der Waals surface area contributed by atoms with Crippen molar-refractivity contribution in [2.75, 3.05) is 43.0 Å². The fourth-order valence-corrected chi connectivity index (χ4v) is 2.71. The molecule has 1 amide bonds. The number of hydrogen-bond donors (Lipinski definition) is 2. The van der Waals surface area contributed by atoms with E-state index >= 15 is 0 Å². The molecule has 5 nitrogen and oxygen atoms in total. The van der Waals surface area contributed by atoms with Crippen LogP contribution in [0.2, 0.25) is 0 Å². The number of rotatable bonds is 3. The van der Waals surface area contributed by atoms with Crippen molar-refractivity contribution in [3.05, 3.63) is 24.3 Å². The number of nitrogens with one attached hydrogen (secondary N) is 2. The molecule has 0 bridgehead atoms. The monoisotopic (exact) mass is 347 g/mol. The second-order valence-electron chi connectivity index (χ2n) is 5.30. The molecule has 1 aromatic rings. The summed E-state index contributed by atoms with van der Waals surface area (Å²) in [4.78, 5) is 14.5. The van der Waals surface area contributed by atoms with E-state index in [1.807, 2.05) is 18.2 Å². The first-order valence-corrected chi connectivity index (χ1v) is 7.31. The van der Waals surface area contributed by atoms with Crippen molar-refractivity contribution < 1.29 is 9.53 Å². The molecule has 0 saturated carbocycles. The van der Waals surface area contributed by atoms with Gasteiger partial charge in [-0.25, -0.2) is 0 Å². The van der Waals surface area contributed by atoms with Gasteiger partial charge < -0.3 is 20.3 Å². The Balaban J connectivity index is 0.00000121. The van der Waals surface area contributed by atoms with Gasteiger partial charge in [-0.1, -0.05) is 6.07 Å². The minimum atomic E-state index is -0.390. The topological polar surface area (TPSA) is 53.6 Å². The lowest BCUT2D eigenvalue weighted by atomic mass is 10.2. The highest BCUT2D eigenvalue weighted by Crippen LogP contribution is 2.23. The minimum Gasteiger partial charge on any atom is -0.371 e. The summed E-state index contributed by atoms with van der Waals surface area (Å²) in [5, 5.41) is 6.11. The van der Waals surface area contributed by atoms with E-state index < -0.39 is 0 Å². The lowest BCUT2D eigenvalue weighted by Crippen LogP contribution is -2.45. The highest BCUT2D eigenvalue weighted by atomic mass is 35.5. The van der Waals surface area contributed by atoms with Gasteiger partial charge in [0.05, 0.1) is 6.61 Å². The van der Waals surface area contributed by atoms with Crippen molar-refractivity contribution in [1.29, 1.82) is 0 Å². The summed E-state index contributed by atoms with van der Waals surface area (Å²) in [6.45, 7) is 4.19. The summed E-state index contributed by atoms with van der Waals surface area (Å²) in [6.07, 6.45) is 2.11. The average Bonchev–Trinajstić information content (AvgIpc) is 3.03. The van der Waals surface area contributed by atoms with Gasteiger partial charge in [0.25, 0.3) is 5.91 Å². The van der Waals surface area contributed by atoms with Crippen molar-refractivity contribution in [3.63, 3.8) is 0 Å². The Kier molecular flexibility index (Phi) is 7.96. The van der Waals surface area contributed by atoms with Crippen LogP contribution in [-0.4, -0.2) is 44.8 Å². The lowest BCUT2D eigenvalue weighted by molar-refractivity contribution is -0.128. The molecule has 7 heteroatoms. The second kappa shape index (κ2) is 9.20. The molecule has 3 rings (SSSR count). The predicted molar refractivity (Wildman–Crippen MR) is 93.6 cm³/mol. The first-order chi connectivity index (χ1) is 9.83. The van der Waals surface area contributed by atoms with Crippen LogP contribution in [0.1, 0.15) is 12.8 Å². The predicted octanol–water partition coefficient (Wildman–Crippen LogP) is 2.06. The largest absolute Gasteiger partial charge is 0.371 e. The average molecular weight is 348 g/mol. The quantitative estimate of drug-likeness (QED) is 0.878. The van der Waals surface area contributed by atoms with E-state index in [4.69, 9.17) is 4.74 Å². The molecule has 1 unspecified atom stereocenters. The van der Waals surface area contributed by atoms with Gasteiger partial charge in [0, 0.05) is 37.6 Å². The Labute approximate surface area is 143 Å². The number of halogens is 2. The fraction of sp³-hybridized carbons (Fsp3) is 0.533. The SMILES string of the molecule is Cl.Cl.O=C(Nc1cccc(N2CCCC2)c1)C1CNCCO1. The number of morpholine rings is 1. The Morgan fingerprint density at radius 1 is 1.27 bits per heavy atom. The van der Waals surface area contributed by atoms with Crippen LogP contribution in [0.3, 0.4) is 0 Å². The standard InChI is InChI=1S/C15H21N3O2.2ClH/c19-15(14-11-16-6-9-20-14)17-12-4-3-5-13(10-12)18-7-1-2-8-18;;/h3-5,10,14,16H,1-2,6-9,11H2,(H,17,19);2*1H. The summed E-state index contributed by atoms with van der Waals surface area (Å²) in [5.41, 5.74) is 2.02. The zero-order valence-electron chi connectivity index (χ0n) is 12.4. The van der Waals surface area contributed by atoms with E-state index in [0.29, 0.717) is 13.2 Å². The van der Waals surface area contributed by atoms with Crippen LogP contribution < -0.4 is 15.5 Å². The minimum absolute atomic E-state index is 0.